The molecule has 126 valence electrons. The van der Waals surface area contributed by atoms with Gasteiger partial charge in [0.05, 0.1) is 11.8 Å². The fourth-order valence-corrected chi connectivity index (χ4v) is 3.05. The Morgan fingerprint density at radius 1 is 1.26 bits per heavy atom. The van der Waals surface area contributed by atoms with E-state index in [4.69, 9.17) is 9.84 Å². The van der Waals surface area contributed by atoms with Crippen LogP contribution in [0.4, 0.5) is 4.39 Å². The number of hydrogen-bond acceptors (Lipinski definition) is 3. The molecule has 1 heterocycles. The van der Waals surface area contributed by atoms with E-state index in [0.29, 0.717) is 32.6 Å². The zero-order valence-corrected chi connectivity index (χ0v) is 13.3. The lowest BCUT2D eigenvalue weighted by Gasteiger charge is -2.40. The van der Waals surface area contributed by atoms with Crippen molar-refractivity contribution in [1.82, 2.24) is 4.90 Å². The van der Waals surface area contributed by atoms with Gasteiger partial charge in [0.2, 0.25) is 5.91 Å². The van der Waals surface area contributed by atoms with Crippen LogP contribution in [0.15, 0.2) is 24.3 Å². The monoisotopic (exact) mass is 323 g/mol. The Hall–Kier alpha value is -1.95. The van der Waals surface area contributed by atoms with Crippen LogP contribution in [0.5, 0.6) is 0 Å². The summed E-state index contributed by atoms with van der Waals surface area (Å²) in [5, 5.41) is 8.86. The highest BCUT2D eigenvalue weighted by Gasteiger charge is 2.43. The number of carboxylic acid groups (broad SMARTS) is 1. The highest BCUT2D eigenvalue weighted by atomic mass is 19.1. The minimum absolute atomic E-state index is 0.0877. The van der Waals surface area contributed by atoms with E-state index in [1.807, 2.05) is 6.92 Å². The Bertz CT molecular complexity index is 552. The molecule has 1 aromatic carbocycles. The number of rotatable bonds is 6. The smallest absolute Gasteiger partial charge is 0.305 e. The lowest BCUT2D eigenvalue weighted by Crippen LogP contribution is -2.50. The Morgan fingerprint density at radius 2 is 1.87 bits per heavy atom. The maximum absolute atomic E-state index is 13.2. The minimum Gasteiger partial charge on any atom is -0.481 e. The molecule has 1 saturated heterocycles. The summed E-state index contributed by atoms with van der Waals surface area (Å²) < 4.78 is 18.6. The number of carbonyl (C=O) groups excluding carboxylic acids is 1. The van der Waals surface area contributed by atoms with Gasteiger partial charge in [0.15, 0.2) is 0 Å². The van der Waals surface area contributed by atoms with Gasteiger partial charge in [-0.2, -0.15) is 0 Å². The Balaban J connectivity index is 2.31. The van der Waals surface area contributed by atoms with E-state index in [0.717, 1.165) is 5.56 Å². The number of nitrogens with zero attached hydrogens (tertiary/aromatic N) is 1. The third-order valence-electron chi connectivity index (χ3n) is 4.42. The second-order valence-corrected chi connectivity index (χ2v) is 5.73. The summed E-state index contributed by atoms with van der Waals surface area (Å²) in [6.07, 6.45) is 0.942. The first-order valence-electron chi connectivity index (χ1n) is 7.84. The highest BCUT2D eigenvalue weighted by molar-refractivity contribution is 5.88. The third-order valence-corrected chi connectivity index (χ3v) is 4.42. The quantitative estimate of drug-likeness (QED) is 0.871. The minimum atomic E-state index is -0.931. The van der Waals surface area contributed by atoms with Gasteiger partial charge in [-0.1, -0.05) is 12.1 Å². The van der Waals surface area contributed by atoms with Crippen LogP contribution >= 0.6 is 0 Å². The molecule has 1 aliphatic rings. The average Bonchev–Trinajstić information content (AvgIpc) is 2.56. The van der Waals surface area contributed by atoms with Crippen molar-refractivity contribution in [2.45, 2.75) is 31.6 Å². The number of amides is 1. The molecule has 0 saturated carbocycles. The van der Waals surface area contributed by atoms with E-state index in [2.05, 4.69) is 0 Å². The second-order valence-electron chi connectivity index (χ2n) is 5.73. The van der Waals surface area contributed by atoms with Gasteiger partial charge in [-0.05, 0) is 37.5 Å². The fourth-order valence-electron chi connectivity index (χ4n) is 3.05. The zero-order valence-electron chi connectivity index (χ0n) is 13.3. The predicted octanol–water partition coefficient (Wildman–Crippen LogP) is 2.20. The standard InChI is InChI=1S/C17H22FNO4/c1-2-19(10-7-15(20)21)16(22)17(8-11-23-12-9-17)13-3-5-14(18)6-4-13/h3-6H,2,7-12H2,1H3,(H,20,21). The van der Waals surface area contributed by atoms with E-state index in [1.165, 1.54) is 12.1 Å². The molecule has 23 heavy (non-hydrogen) atoms. The van der Waals surface area contributed by atoms with Crippen LogP contribution in [-0.2, 0) is 19.7 Å². The number of ether oxygens (including phenoxy) is 1. The fraction of sp³-hybridized carbons (Fsp3) is 0.529. The molecule has 0 spiro atoms. The predicted molar refractivity (Wildman–Crippen MR) is 82.6 cm³/mol. The molecule has 1 N–H and O–H groups in total. The van der Waals surface area contributed by atoms with Crippen molar-refractivity contribution in [2.75, 3.05) is 26.3 Å². The van der Waals surface area contributed by atoms with Crippen LogP contribution < -0.4 is 0 Å². The molecule has 0 aliphatic carbocycles. The summed E-state index contributed by atoms with van der Waals surface area (Å²) in [4.78, 5) is 25.5. The molecule has 0 bridgehead atoms. The Labute approximate surface area is 135 Å². The molecule has 6 heteroatoms. The van der Waals surface area contributed by atoms with E-state index >= 15 is 0 Å². The molecule has 1 fully saturated rings. The SMILES string of the molecule is CCN(CCC(=O)O)C(=O)C1(c2ccc(F)cc2)CCOCC1. The Morgan fingerprint density at radius 3 is 2.39 bits per heavy atom. The number of hydrogen-bond donors (Lipinski definition) is 1. The first-order valence-corrected chi connectivity index (χ1v) is 7.84. The lowest BCUT2D eigenvalue weighted by atomic mass is 9.73. The van der Waals surface area contributed by atoms with E-state index in [-0.39, 0.29) is 24.7 Å². The van der Waals surface area contributed by atoms with Crippen molar-refractivity contribution < 1.29 is 23.8 Å². The summed E-state index contributed by atoms with van der Waals surface area (Å²) in [7, 11) is 0. The summed E-state index contributed by atoms with van der Waals surface area (Å²) >= 11 is 0. The molecule has 0 radical (unpaired) electrons. The summed E-state index contributed by atoms with van der Waals surface area (Å²) in [6, 6.07) is 5.99. The molecule has 0 unspecified atom stereocenters. The van der Waals surface area contributed by atoms with Gasteiger partial charge in [-0.15, -0.1) is 0 Å². The van der Waals surface area contributed by atoms with E-state index < -0.39 is 11.4 Å². The molecular weight excluding hydrogens is 301 g/mol. The number of likely N-dealkylation sites (N-methyl/N-ethyl adjacent to an activating group) is 1. The molecule has 1 aliphatic heterocycles. The lowest BCUT2D eigenvalue weighted by molar-refractivity contribution is -0.143. The number of halogens is 1. The van der Waals surface area contributed by atoms with Crippen LogP contribution in [0.25, 0.3) is 0 Å². The molecule has 0 aromatic heterocycles. The van der Waals surface area contributed by atoms with Crippen molar-refractivity contribution in [1.29, 1.82) is 0 Å². The first-order chi connectivity index (χ1) is 11.0. The summed E-state index contributed by atoms with van der Waals surface area (Å²) in [6.45, 7) is 3.36. The second kappa shape index (κ2) is 7.55. The molecule has 1 amide bonds. The highest BCUT2D eigenvalue weighted by Crippen LogP contribution is 2.37. The van der Waals surface area contributed by atoms with Gasteiger partial charge < -0.3 is 14.7 Å². The third kappa shape index (κ3) is 3.88. The average molecular weight is 323 g/mol. The summed E-state index contributed by atoms with van der Waals surface area (Å²) in [5.41, 5.74) is 0.00136. The first kappa shape index (κ1) is 17.4. The molecule has 5 nitrogen and oxygen atoms in total. The zero-order chi connectivity index (χ0) is 16.9. The maximum Gasteiger partial charge on any atom is 0.305 e. The molecular formula is C17H22FNO4. The topological polar surface area (TPSA) is 66.8 Å². The Kier molecular flexibility index (Phi) is 5.71. The molecule has 0 atom stereocenters. The number of carboxylic acids is 1. The van der Waals surface area contributed by atoms with E-state index in [1.54, 1.807) is 17.0 Å². The van der Waals surface area contributed by atoms with Crippen molar-refractivity contribution in [3.05, 3.63) is 35.6 Å². The van der Waals surface area contributed by atoms with Crippen molar-refractivity contribution in [3.63, 3.8) is 0 Å². The maximum atomic E-state index is 13.2. The van der Waals surface area contributed by atoms with Crippen LogP contribution in [0.2, 0.25) is 0 Å². The van der Waals surface area contributed by atoms with E-state index in [9.17, 15) is 14.0 Å². The number of benzene rings is 1. The normalized spacial score (nSPS) is 16.8. The number of carbonyl (C=O) groups is 2. The van der Waals surface area contributed by atoms with Gasteiger partial charge in [-0.3, -0.25) is 9.59 Å². The molecule has 2 rings (SSSR count). The van der Waals surface area contributed by atoms with Crippen LogP contribution in [0, 0.1) is 5.82 Å². The van der Waals surface area contributed by atoms with Crippen molar-refractivity contribution in [3.8, 4) is 0 Å². The van der Waals surface area contributed by atoms with Gasteiger partial charge in [0.1, 0.15) is 5.82 Å². The largest absolute Gasteiger partial charge is 0.481 e. The van der Waals surface area contributed by atoms with Crippen LogP contribution in [-0.4, -0.2) is 48.2 Å². The van der Waals surface area contributed by atoms with Gasteiger partial charge in [0, 0.05) is 26.3 Å². The van der Waals surface area contributed by atoms with Crippen LogP contribution in [0.3, 0.4) is 0 Å². The van der Waals surface area contributed by atoms with Gasteiger partial charge >= 0.3 is 5.97 Å². The summed E-state index contributed by atoms with van der Waals surface area (Å²) in [5.74, 6) is -1.38. The van der Waals surface area contributed by atoms with Gasteiger partial charge in [-0.25, -0.2) is 4.39 Å². The molecule has 1 aromatic rings. The van der Waals surface area contributed by atoms with Crippen molar-refractivity contribution in [2.24, 2.45) is 0 Å². The van der Waals surface area contributed by atoms with Crippen molar-refractivity contribution >= 4 is 11.9 Å². The van der Waals surface area contributed by atoms with Crippen LogP contribution in [0.1, 0.15) is 31.7 Å². The van der Waals surface area contributed by atoms with Gasteiger partial charge in [0.25, 0.3) is 0 Å². The number of aliphatic carboxylic acids is 1.